The molecule has 0 saturated heterocycles. The normalized spacial score (nSPS) is 11.4. The van der Waals surface area contributed by atoms with E-state index in [1.807, 2.05) is 20.9 Å². The molecule has 0 fully saturated rings. The first-order chi connectivity index (χ1) is 11.3. The number of likely N-dealkylation sites (N-methyl/N-ethyl adjacent to an activating group) is 2. The van der Waals surface area contributed by atoms with Crippen LogP contribution in [0.1, 0.15) is 19.4 Å². The van der Waals surface area contributed by atoms with Crippen LogP contribution in [0.5, 0.6) is 0 Å². The van der Waals surface area contributed by atoms with Crippen LogP contribution in [0, 0.1) is 11.7 Å². The van der Waals surface area contributed by atoms with Crippen LogP contribution >= 0.6 is 12.4 Å². The van der Waals surface area contributed by atoms with Crippen LogP contribution in [-0.2, 0) is 11.3 Å². The molecule has 0 radical (unpaired) electrons. The highest BCUT2D eigenvalue weighted by molar-refractivity contribution is 5.87. The maximum Gasteiger partial charge on any atom is 0.315 e. The summed E-state index contributed by atoms with van der Waals surface area (Å²) in [6.07, 6.45) is 0. The summed E-state index contributed by atoms with van der Waals surface area (Å²) < 4.78 is 12.9. The molecular weight excluding hydrogens is 347 g/mol. The highest BCUT2D eigenvalue weighted by Gasteiger charge is 2.26. The molecule has 142 valence electrons. The van der Waals surface area contributed by atoms with E-state index in [2.05, 4.69) is 16.0 Å². The number of rotatable bonds is 8. The molecule has 25 heavy (non-hydrogen) atoms. The Morgan fingerprint density at radius 3 is 2.32 bits per heavy atom. The van der Waals surface area contributed by atoms with Crippen LogP contribution in [0.25, 0.3) is 0 Å². The van der Waals surface area contributed by atoms with Crippen molar-refractivity contribution in [1.29, 1.82) is 0 Å². The summed E-state index contributed by atoms with van der Waals surface area (Å²) in [4.78, 5) is 26.1. The Balaban J connectivity index is 0.00000576. The van der Waals surface area contributed by atoms with Crippen LogP contribution in [0.3, 0.4) is 0 Å². The number of benzene rings is 1. The molecule has 0 heterocycles. The van der Waals surface area contributed by atoms with Crippen LogP contribution in [0.2, 0.25) is 0 Å². The van der Waals surface area contributed by atoms with Gasteiger partial charge in [0.05, 0.1) is 0 Å². The molecule has 1 aromatic carbocycles. The van der Waals surface area contributed by atoms with E-state index in [4.69, 9.17) is 0 Å². The molecule has 0 aliphatic heterocycles. The van der Waals surface area contributed by atoms with Gasteiger partial charge in [0.1, 0.15) is 11.9 Å². The predicted molar refractivity (Wildman–Crippen MR) is 99.2 cm³/mol. The van der Waals surface area contributed by atoms with Gasteiger partial charge in [-0.25, -0.2) is 9.18 Å². The van der Waals surface area contributed by atoms with Crippen molar-refractivity contribution in [1.82, 2.24) is 20.9 Å². The van der Waals surface area contributed by atoms with Gasteiger partial charge in [-0.05, 0) is 30.7 Å². The largest absolute Gasteiger partial charge is 0.343 e. The summed E-state index contributed by atoms with van der Waals surface area (Å²) in [6, 6.07) is 4.87. The van der Waals surface area contributed by atoms with E-state index in [0.29, 0.717) is 13.1 Å². The zero-order valence-corrected chi connectivity index (χ0v) is 16.0. The fraction of sp³-hybridized carbons (Fsp3) is 0.529. The summed E-state index contributed by atoms with van der Waals surface area (Å²) in [6.45, 7) is 5.28. The van der Waals surface area contributed by atoms with Crippen molar-refractivity contribution in [2.24, 2.45) is 5.92 Å². The van der Waals surface area contributed by atoms with E-state index < -0.39 is 12.1 Å². The molecular formula is C17H28ClFN4O2. The summed E-state index contributed by atoms with van der Waals surface area (Å²) in [5.41, 5.74) is 0.783. The topological polar surface area (TPSA) is 73.5 Å². The zero-order valence-electron chi connectivity index (χ0n) is 15.1. The molecule has 1 aromatic rings. The lowest BCUT2D eigenvalue weighted by atomic mass is 10.0. The van der Waals surface area contributed by atoms with Crippen LogP contribution < -0.4 is 16.0 Å². The minimum absolute atomic E-state index is 0. The van der Waals surface area contributed by atoms with Crippen LogP contribution in [0.15, 0.2) is 24.3 Å². The molecule has 0 spiro atoms. The Morgan fingerprint density at radius 1 is 1.20 bits per heavy atom. The molecule has 0 aromatic heterocycles. The van der Waals surface area contributed by atoms with E-state index in [0.717, 1.165) is 5.56 Å². The monoisotopic (exact) mass is 374 g/mol. The number of hydrogen-bond donors (Lipinski definition) is 3. The van der Waals surface area contributed by atoms with Gasteiger partial charge in [0.15, 0.2) is 0 Å². The van der Waals surface area contributed by atoms with E-state index in [1.165, 1.54) is 12.1 Å². The Hall–Kier alpha value is -1.86. The maximum absolute atomic E-state index is 12.9. The predicted octanol–water partition coefficient (Wildman–Crippen LogP) is 1.75. The number of nitrogens with one attached hydrogen (secondary N) is 3. The van der Waals surface area contributed by atoms with Gasteiger partial charge in [-0.15, -0.1) is 12.4 Å². The van der Waals surface area contributed by atoms with Crippen molar-refractivity contribution < 1.29 is 14.0 Å². The first-order valence-corrected chi connectivity index (χ1v) is 8.03. The van der Waals surface area contributed by atoms with Gasteiger partial charge in [-0.3, -0.25) is 4.79 Å². The average molecular weight is 375 g/mol. The average Bonchev–Trinajstić information content (AvgIpc) is 2.56. The number of carbonyl (C=O) groups is 2. The summed E-state index contributed by atoms with van der Waals surface area (Å²) >= 11 is 0. The molecule has 1 rings (SSSR count). The highest BCUT2D eigenvalue weighted by atomic mass is 35.5. The third-order valence-corrected chi connectivity index (χ3v) is 3.66. The number of nitrogens with zero attached hydrogens (tertiary/aromatic N) is 1. The molecule has 1 unspecified atom stereocenters. The minimum atomic E-state index is -0.597. The number of urea groups is 1. The molecule has 1 atom stereocenters. The van der Waals surface area contributed by atoms with Gasteiger partial charge in [-0.2, -0.15) is 0 Å². The maximum atomic E-state index is 12.9. The van der Waals surface area contributed by atoms with Gasteiger partial charge < -0.3 is 20.9 Å². The molecule has 0 aliphatic rings. The van der Waals surface area contributed by atoms with E-state index >= 15 is 0 Å². The van der Waals surface area contributed by atoms with Crippen molar-refractivity contribution in [2.45, 2.75) is 26.4 Å². The molecule has 0 saturated carbocycles. The first-order valence-electron chi connectivity index (χ1n) is 8.03. The van der Waals surface area contributed by atoms with Gasteiger partial charge in [0.2, 0.25) is 5.91 Å². The van der Waals surface area contributed by atoms with Crippen LogP contribution in [0.4, 0.5) is 9.18 Å². The second-order valence-corrected chi connectivity index (χ2v) is 6.04. The lowest BCUT2D eigenvalue weighted by molar-refractivity contribution is -0.132. The molecule has 0 bridgehead atoms. The lowest BCUT2D eigenvalue weighted by Crippen LogP contribution is -2.53. The summed E-state index contributed by atoms with van der Waals surface area (Å²) in [5.74, 6) is -0.485. The molecule has 0 aliphatic carbocycles. The molecule has 6 nitrogen and oxygen atoms in total. The number of carbonyl (C=O) groups excluding carboxylic acids is 2. The van der Waals surface area contributed by atoms with E-state index in [-0.39, 0.29) is 36.6 Å². The first kappa shape index (κ1) is 23.1. The number of hydrogen-bond acceptors (Lipinski definition) is 3. The van der Waals surface area contributed by atoms with Gasteiger partial charge in [0.25, 0.3) is 0 Å². The van der Waals surface area contributed by atoms with Gasteiger partial charge >= 0.3 is 6.03 Å². The lowest BCUT2D eigenvalue weighted by Gasteiger charge is -2.27. The van der Waals surface area contributed by atoms with Crippen molar-refractivity contribution in [3.8, 4) is 0 Å². The highest BCUT2D eigenvalue weighted by Crippen LogP contribution is 2.06. The third kappa shape index (κ3) is 8.18. The summed E-state index contributed by atoms with van der Waals surface area (Å²) in [7, 11) is 3.53. The molecule has 8 heteroatoms. The summed E-state index contributed by atoms with van der Waals surface area (Å²) in [5, 5.41) is 8.39. The zero-order chi connectivity index (χ0) is 18.1. The second-order valence-electron chi connectivity index (χ2n) is 6.04. The Bertz CT molecular complexity index is 540. The van der Waals surface area contributed by atoms with Crippen molar-refractivity contribution >= 4 is 24.3 Å². The van der Waals surface area contributed by atoms with Crippen LogP contribution in [-0.4, -0.2) is 50.1 Å². The number of halogens is 2. The Labute approximate surface area is 154 Å². The Morgan fingerprint density at radius 2 is 1.80 bits per heavy atom. The van der Waals surface area contributed by atoms with Crippen molar-refractivity contribution in [3.63, 3.8) is 0 Å². The fourth-order valence-electron chi connectivity index (χ4n) is 2.12. The Kier molecular flexibility index (Phi) is 10.8. The van der Waals surface area contributed by atoms with Crippen molar-refractivity contribution in [3.05, 3.63) is 35.6 Å². The molecule has 3 N–H and O–H groups in total. The smallest absolute Gasteiger partial charge is 0.315 e. The second kappa shape index (κ2) is 11.7. The quantitative estimate of drug-likeness (QED) is 0.649. The van der Waals surface area contributed by atoms with Gasteiger partial charge in [-0.1, -0.05) is 26.0 Å². The molecule has 3 amide bonds. The van der Waals surface area contributed by atoms with Gasteiger partial charge in [0, 0.05) is 26.7 Å². The fourth-order valence-corrected chi connectivity index (χ4v) is 2.12. The standard InChI is InChI=1S/C17H27FN4O2.ClH/c1-12(2)15(16(23)22(4)10-9-19-3)21-17(24)20-11-13-5-7-14(18)8-6-13;/h5-8,12,15,19H,9-11H2,1-4H3,(H2,20,21,24);1H. The third-order valence-electron chi connectivity index (χ3n) is 3.66. The van der Waals surface area contributed by atoms with E-state index in [9.17, 15) is 14.0 Å². The SMILES string of the molecule is CNCCN(C)C(=O)C(NC(=O)NCc1ccc(F)cc1)C(C)C.Cl. The minimum Gasteiger partial charge on any atom is -0.343 e. The van der Waals surface area contributed by atoms with Crippen molar-refractivity contribution in [2.75, 3.05) is 27.2 Å². The van der Waals surface area contributed by atoms with E-state index in [1.54, 1.807) is 24.1 Å². The number of amides is 3.